The summed E-state index contributed by atoms with van der Waals surface area (Å²) in [7, 11) is 1.65. The summed E-state index contributed by atoms with van der Waals surface area (Å²) in [5, 5.41) is 0. The first-order valence-corrected chi connectivity index (χ1v) is 6.75. The molecular formula is C17H21NO2. The van der Waals surface area contributed by atoms with Gasteiger partial charge in [-0.3, -0.25) is 0 Å². The second-order valence-corrected chi connectivity index (χ2v) is 5.07. The molecule has 0 amide bonds. The molecule has 0 saturated carbocycles. The van der Waals surface area contributed by atoms with E-state index in [1.165, 1.54) is 5.56 Å². The molecule has 20 heavy (non-hydrogen) atoms. The Hall–Kier alpha value is -2.00. The summed E-state index contributed by atoms with van der Waals surface area (Å²) in [6.07, 6.45) is 0.793. The summed E-state index contributed by atoms with van der Waals surface area (Å²) in [5.41, 5.74) is 8.24. The molecule has 2 rings (SSSR count). The van der Waals surface area contributed by atoms with Gasteiger partial charge in [-0.15, -0.1) is 0 Å². The van der Waals surface area contributed by atoms with E-state index in [0.717, 1.165) is 29.2 Å². The van der Waals surface area contributed by atoms with Gasteiger partial charge in [0.25, 0.3) is 0 Å². The topological polar surface area (TPSA) is 44.5 Å². The third-order valence-electron chi connectivity index (χ3n) is 3.03. The molecule has 1 unspecified atom stereocenters. The Balaban J connectivity index is 2.27. The van der Waals surface area contributed by atoms with E-state index in [1.54, 1.807) is 7.11 Å². The van der Waals surface area contributed by atoms with Crippen LogP contribution in [0.3, 0.4) is 0 Å². The van der Waals surface area contributed by atoms with Crippen molar-refractivity contribution in [3.8, 4) is 17.2 Å². The highest BCUT2D eigenvalue weighted by atomic mass is 16.5. The van der Waals surface area contributed by atoms with Crippen LogP contribution in [-0.4, -0.2) is 13.2 Å². The molecule has 0 aliphatic carbocycles. The van der Waals surface area contributed by atoms with Crippen LogP contribution < -0.4 is 15.2 Å². The van der Waals surface area contributed by atoms with E-state index in [9.17, 15) is 0 Å². The molecule has 2 N–H and O–H groups in total. The molecule has 0 aromatic heterocycles. The molecule has 0 aliphatic heterocycles. The number of hydrogen-bond donors (Lipinski definition) is 1. The maximum atomic E-state index is 5.97. The van der Waals surface area contributed by atoms with E-state index in [-0.39, 0.29) is 6.04 Å². The largest absolute Gasteiger partial charge is 0.497 e. The fourth-order valence-corrected chi connectivity index (χ4v) is 2.11. The van der Waals surface area contributed by atoms with Crippen LogP contribution in [-0.2, 0) is 6.42 Å². The normalized spacial score (nSPS) is 12.0. The van der Waals surface area contributed by atoms with E-state index >= 15 is 0 Å². The summed E-state index contributed by atoms with van der Waals surface area (Å²) in [4.78, 5) is 0. The molecule has 0 fully saturated rings. The second-order valence-electron chi connectivity index (χ2n) is 5.07. The van der Waals surface area contributed by atoms with Crippen molar-refractivity contribution < 1.29 is 9.47 Å². The van der Waals surface area contributed by atoms with Crippen molar-refractivity contribution in [3.63, 3.8) is 0 Å². The highest BCUT2D eigenvalue weighted by Crippen LogP contribution is 2.29. The van der Waals surface area contributed by atoms with Crippen LogP contribution in [0.15, 0.2) is 42.5 Å². The highest BCUT2D eigenvalue weighted by molar-refractivity contribution is 5.42. The lowest BCUT2D eigenvalue weighted by atomic mass is 10.0. The minimum absolute atomic E-state index is 0.101. The van der Waals surface area contributed by atoms with Crippen molar-refractivity contribution >= 4 is 0 Å². The van der Waals surface area contributed by atoms with Crippen LogP contribution in [0.5, 0.6) is 17.2 Å². The van der Waals surface area contributed by atoms with Gasteiger partial charge in [-0.1, -0.05) is 23.8 Å². The van der Waals surface area contributed by atoms with Crippen molar-refractivity contribution in [3.05, 3.63) is 53.6 Å². The molecule has 0 bridgehead atoms. The summed E-state index contributed by atoms with van der Waals surface area (Å²) in [6, 6.07) is 13.8. The fourth-order valence-electron chi connectivity index (χ4n) is 2.11. The SMILES string of the molecule is COc1cccc(Oc2ccc(C)cc2CC(C)N)c1. The van der Waals surface area contributed by atoms with Gasteiger partial charge in [0.1, 0.15) is 17.2 Å². The zero-order valence-corrected chi connectivity index (χ0v) is 12.2. The maximum absolute atomic E-state index is 5.97. The number of aryl methyl sites for hydroxylation is 1. The predicted molar refractivity (Wildman–Crippen MR) is 81.6 cm³/mol. The van der Waals surface area contributed by atoms with Crippen LogP contribution in [0, 0.1) is 6.92 Å². The molecule has 0 heterocycles. The lowest BCUT2D eigenvalue weighted by Crippen LogP contribution is -2.18. The molecule has 2 aromatic carbocycles. The Bertz CT molecular complexity index is 579. The van der Waals surface area contributed by atoms with E-state index in [1.807, 2.05) is 43.3 Å². The molecule has 106 valence electrons. The lowest BCUT2D eigenvalue weighted by molar-refractivity contribution is 0.408. The minimum Gasteiger partial charge on any atom is -0.497 e. The molecular weight excluding hydrogens is 250 g/mol. The van der Waals surface area contributed by atoms with Crippen molar-refractivity contribution in [2.75, 3.05) is 7.11 Å². The zero-order valence-electron chi connectivity index (χ0n) is 12.2. The van der Waals surface area contributed by atoms with Gasteiger partial charge >= 0.3 is 0 Å². The smallest absolute Gasteiger partial charge is 0.131 e. The Kier molecular flexibility index (Phi) is 4.64. The van der Waals surface area contributed by atoms with Crippen molar-refractivity contribution in [1.82, 2.24) is 0 Å². The summed E-state index contributed by atoms with van der Waals surface area (Å²) in [5.74, 6) is 2.39. The molecule has 2 aromatic rings. The molecule has 1 atom stereocenters. The van der Waals surface area contributed by atoms with Gasteiger partial charge in [0, 0.05) is 12.1 Å². The van der Waals surface area contributed by atoms with Crippen LogP contribution in [0.4, 0.5) is 0 Å². The summed E-state index contributed by atoms with van der Waals surface area (Å²) >= 11 is 0. The number of nitrogens with two attached hydrogens (primary N) is 1. The Morgan fingerprint density at radius 1 is 1.10 bits per heavy atom. The summed E-state index contributed by atoms with van der Waals surface area (Å²) in [6.45, 7) is 4.07. The monoisotopic (exact) mass is 271 g/mol. The number of rotatable bonds is 5. The number of ether oxygens (including phenoxy) is 2. The van der Waals surface area contributed by atoms with Gasteiger partial charge in [0.05, 0.1) is 7.11 Å². The Labute approximate surface area is 120 Å². The first-order valence-electron chi connectivity index (χ1n) is 6.75. The van der Waals surface area contributed by atoms with Gasteiger partial charge in [-0.25, -0.2) is 0 Å². The average Bonchev–Trinajstić information content (AvgIpc) is 2.41. The van der Waals surface area contributed by atoms with Crippen LogP contribution >= 0.6 is 0 Å². The van der Waals surface area contributed by atoms with Crippen LogP contribution in [0.1, 0.15) is 18.1 Å². The van der Waals surface area contributed by atoms with Crippen molar-refractivity contribution in [1.29, 1.82) is 0 Å². The maximum Gasteiger partial charge on any atom is 0.131 e. The molecule has 3 heteroatoms. The molecule has 0 aliphatic rings. The first kappa shape index (κ1) is 14.4. The van der Waals surface area contributed by atoms with Crippen molar-refractivity contribution in [2.45, 2.75) is 26.3 Å². The molecule has 0 radical (unpaired) electrons. The Morgan fingerprint density at radius 3 is 2.55 bits per heavy atom. The third-order valence-corrected chi connectivity index (χ3v) is 3.03. The van der Waals surface area contributed by atoms with Gasteiger partial charge in [-0.05, 0) is 44.0 Å². The van der Waals surface area contributed by atoms with Gasteiger partial charge in [0.15, 0.2) is 0 Å². The van der Waals surface area contributed by atoms with E-state index < -0.39 is 0 Å². The minimum atomic E-state index is 0.101. The van der Waals surface area contributed by atoms with E-state index in [0.29, 0.717) is 0 Å². The van der Waals surface area contributed by atoms with Gasteiger partial charge < -0.3 is 15.2 Å². The van der Waals surface area contributed by atoms with Gasteiger partial charge in [0.2, 0.25) is 0 Å². The standard InChI is InChI=1S/C17H21NO2/c1-12-7-8-17(14(9-12)10-13(2)18)20-16-6-4-5-15(11-16)19-3/h4-9,11,13H,10,18H2,1-3H3. The Morgan fingerprint density at radius 2 is 1.85 bits per heavy atom. The van der Waals surface area contributed by atoms with E-state index in [2.05, 4.69) is 13.0 Å². The van der Waals surface area contributed by atoms with Crippen LogP contribution in [0.25, 0.3) is 0 Å². The van der Waals surface area contributed by atoms with Gasteiger partial charge in [-0.2, -0.15) is 0 Å². The number of methoxy groups -OCH3 is 1. The number of benzene rings is 2. The molecule has 0 saturated heterocycles. The molecule has 3 nitrogen and oxygen atoms in total. The van der Waals surface area contributed by atoms with Crippen molar-refractivity contribution in [2.24, 2.45) is 5.73 Å². The predicted octanol–water partition coefficient (Wildman–Crippen LogP) is 3.69. The first-order chi connectivity index (χ1) is 9.58. The zero-order chi connectivity index (χ0) is 14.5. The average molecular weight is 271 g/mol. The van der Waals surface area contributed by atoms with Crippen LogP contribution in [0.2, 0.25) is 0 Å². The number of hydrogen-bond acceptors (Lipinski definition) is 3. The quantitative estimate of drug-likeness (QED) is 0.902. The lowest BCUT2D eigenvalue weighted by Gasteiger charge is -2.14. The second kappa shape index (κ2) is 6.44. The summed E-state index contributed by atoms with van der Waals surface area (Å²) < 4.78 is 11.2. The fraction of sp³-hybridized carbons (Fsp3) is 0.294. The van der Waals surface area contributed by atoms with E-state index in [4.69, 9.17) is 15.2 Å². The third kappa shape index (κ3) is 3.75. The highest BCUT2D eigenvalue weighted by Gasteiger charge is 2.08. The molecule has 0 spiro atoms.